The van der Waals surface area contributed by atoms with Gasteiger partial charge in [0.2, 0.25) is 0 Å². The Morgan fingerprint density at radius 3 is 2.80 bits per heavy atom. The Morgan fingerprint density at radius 2 is 2.04 bits per heavy atom. The quantitative estimate of drug-likeness (QED) is 0.926. The summed E-state index contributed by atoms with van der Waals surface area (Å²) in [6, 6.07) is 9.79. The highest BCUT2D eigenvalue weighted by atomic mass is 16.5. The average molecular weight is 344 g/mol. The molecule has 2 aromatic rings. The first-order chi connectivity index (χ1) is 12.3. The maximum absolute atomic E-state index is 12.4. The van der Waals surface area contributed by atoms with Gasteiger partial charge in [0, 0.05) is 25.1 Å². The first-order valence-electron chi connectivity index (χ1n) is 9.01. The number of benzene rings is 1. The standard InChI is InChI=1S/C19H24N2O4/c22-19(20-12-17-11-14-3-1-2-4-18(14)25-17)21-8-5-15(6-9-21)24-16-7-10-23-13-16/h1-4,11,15-16H,5-10,12-13H2,(H,20,22). The van der Waals surface area contributed by atoms with Gasteiger partial charge in [0.1, 0.15) is 11.3 Å². The van der Waals surface area contributed by atoms with Crippen LogP contribution < -0.4 is 5.32 Å². The number of amides is 2. The normalized spacial score (nSPS) is 21.8. The maximum Gasteiger partial charge on any atom is 0.317 e. The van der Waals surface area contributed by atoms with E-state index in [9.17, 15) is 4.79 Å². The zero-order valence-corrected chi connectivity index (χ0v) is 14.3. The summed E-state index contributed by atoms with van der Waals surface area (Å²) in [6.07, 6.45) is 3.23. The molecule has 1 unspecified atom stereocenters. The molecule has 2 fully saturated rings. The molecule has 6 heteroatoms. The Bertz CT molecular complexity index is 682. The van der Waals surface area contributed by atoms with Gasteiger partial charge in [0.25, 0.3) is 0 Å². The number of piperidine rings is 1. The van der Waals surface area contributed by atoms with Crippen LogP contribution in [0, 0.1) is 0 Å². The molecule has 0 aliphatic carbocycles. The number of nitrogens with one attached hydrogen (secondary N) is 1. The topological polar surface area (TPSA) is 63.9 Å². The van der Waals surface area contributed by atoms with Crippen LogP contribution in [0.25, 0.3) is 11.0 Å². The molecule has 1 aromatic carbocycles. The summed E-state index contributed by atoms with van der Waals surface area (Å²) >= 11 is 0. The van der Waals surface area contributed by atoms with Gasteiger partial charge in [-0.2, -0.15) is 0 Å². The van der Waals surface area contributed by atoms with Crippen LogP contribution in [0.3, 0.4) is 0 Å². The van der Waals surface area contributed by atoms with E-state index in [1.54, 1.807) is 0 Å². The van der Waals surface area contributed by atoms with Crippen molar-refractivity contribution in [2.45, 2.75) is 38.0 Å². The van der Waals surface area contributed by atoms with Gasteiger partial charge in [-0.05, 0) is 31.4 Å². The summed E-state index contributed by atoms with van der Waals surface area (Å²) in [5.41, 5.74) is 0.848. The summed E-state index contributed by atoms with van der Waals surface area (Å²) < 4.78 is 17.1. The minimum atomic E-state index is -0.0388. The predicted octanol–water partition coefficient (Wildman–Crippen LogP) is 2.91. The molecular weight excluding hydrogens is 320 g/mol. The molecule has 0 radical (unpaired) electrons. The van der Waals surface area contributed by atoms with Gasteiger partial charge in [-0.15, -0.1) is 0 Å². The van der Waals surface area contributed by atoms with Gasteiger partial charge in [0.15, 0.2) is 0 Å². The SMILES string of the molecule is O=C(NCc1cc2ccccc2o1)N1CCC(OC2CCOC2)CC1. The number of ether oxygens (including phenoxy) is 2. The number of furan rings is 1. The lowest BCUT2D eigenvalue weighted by molar-refractivity contribution is -0.0392. The van der Waals surface area contributed by atoms with E-state index in [0.717, 1.165) is 55.7 Å². The van der Waals surface area contributed by atoms with Crippen molar-refractivity contribution in [3.05, 3.63) is 36.1 Å². The second-order valence-corrected chi connectivity index (χ2v) is 6.72. The van der Waals surface area contributed by atoms with E-state index >= 15 is 0 Å². The number of hydrogen-bond acceptors (Lipinski definition) is 4. The van der Waals surface area contributed by atoms with E-state index in [-0.39, 0.29) is 18.2 Å². The summed E-state index contributed by atoms with van der Waals surface area (Å²) in [5.74, 6) is 0.772. The molecule has 2 amide bonds. The lowest BCUT2D eigenvalue weighted by Gasteiger charge is -2.33. The number of carbonyl (C=O) groups is 1. The zero-order chi connectivity index (χ0) is 17.1. The van der Waals surface area contributed by atoms with Crippen molar-refractivity contribution in [3.63, 3.8) is 0 Å². The molecule has 6 nitrogen and oxygen atoms in total. The molecule has 1 N–H and O–H groups in total. The highest BCUT2D eigenvalue weighted by molar-refractivity contribution is 5.78. The first-order valence-corrected chi connectivity index (χ1v) is 9.01. The van der Waals surface area contributed by atoms with Crippen LogP contribution in [-0.4, -0.2) is 49.4 Å². The molecule has 2 saturated heterocycles. The number of likely N-dealkylation sites (tertiary alicyclic amines) is 1. The van der Waals surface area contributed by atoms with Crippen LogP contribution in [0.2, 0.25) is 0 Å². The molecule has 1 atom stereocenters. The van der Waals surface area contributed by atoms with Crippen molar-refractivity contribution in [1.29, 1.82) is 0 Å². The number of nitrogens with zero attached hydrogens (tertiary/aromatic N) is 1. The maximum atomic E-state index is 12.4. The molecular formula is C19H24N2O4. The molecule has 25 heavy (non-hydrogen) atoms. The van der Waals surface area contributed by atoms with Gasteiger partial charge < -0.3 is 24.1 Å². The fraction of sp³-hybridized carbons (Fsp3) is 0.526. The van der Waals surface area contributed by atoms with Crippen molar-refractivity contribution >= 4 is 17.0 Å². The third kappa shape index (κ3) is 3.96. The Hall–Kier alpha value is -2.05. The molecule has 4 rings (SSSR count). The molecule has 0 spiro atoms. The summed E-state index contributed by atoms with van der Waals surface area (Å²) in [5, 5.41) is 4.01. The van der Waals surface area contributed by atoms with Crippen LogP contribution in [-0.2, 0) is 16.0 Å². The number of carbonyl (C=O) groups excluding carboxylic acids is 1. The minimum Gasteiger partial charge on any atom is -0.459 e. The second kappa shape index (κ2) is 7.45. The lowest BCUT2D eigenvalue weighted by atomic mass is 10.1. The van der Waals surface area contributed by atoms with Gasteiger partial charge in [0.05, 0.1) is 25.4 Å². The number of fused-ring (bicyclic) bond motifs is 1. The highest BCUT2D eigenvalue weighted by Gasteiger charge is 2.27. The Kier molecular flexibility index (Phi) is 4.90. The largest absolute Gasteiger partial charge is 0.459 e. The molecule has 2 aliphatic rings. The van der Waals surface area contributed by atoms with E-state index in [0.29, 0.717) is 13.2 Å². The number of rotatable bonds is 4. The number of para-hydroxylation sites is 1. The first kappa shape index (κ1) is 16.4. The predicted molar refractivity (Wildman–Crippen MR) is 93.4 cm³/mol. The van der Waals surface area contributed by atoms with Gasteiger partial charge >= 0.3 is 6.03 Å². The molecule has 3 heterocycles. The van der Waals surface area contributed by atoms with Crippen LogP contribution in [0.15, 0.2) is 34.7 Å². The average Bonchev–Trinajstić information content (AvgIpc) is 3.29. The van der Waals surface area contributed by atoms with E-state index in [1.807, 2.05) is 35.2 Å². The Morgan fingerprint density at radius 1 is 1.20 bits per heavy atom. The number of hydrogen-bond donors (Lipinski definition) is 1. The van der Waals surface area contributed by atoms with Crippen LogP contribution in [0.4, 0.5) is 4.79 Å². The van der Waals surface area contributed by atoms with Crippen LogP contribution in [0.5, 0.6) is 0 Å². The third-order valence-corrected chi connectivity index (χ3v) is 4.89. The Balaban J connectivity index is 1.23. The van der Waals surface area contributed by atoms with E-state index in [2.05, 4.69) is 5.32 Å². The van der Waals surface area contributed by atoms with Crippen LogP contribution in [0.1, 0.15) is 25.0 Å². The van der Waals surface area contributed by atoms with Crippen molar-refractivity contribution in [3.8, 4) is 0 Å². The Labute approximate surface area is 147 Å². The molecule has 0 bridgehead atoms. The van der Waals surface area contributed by atoms with Crippen LogP contribution >= 0.6 is 0 Å². The van der Waals surface area contributed by atoms with E-state index in [1.165, 1.54) is 0 Å². The summed E-state index contributed by atoms with van der Waals surface area (Å²) in [6.45, 7) is 3.36. The third-order valence-electron chi connectivity index (χ3n) is 4.89. The summed E-state index contributed by atoms with van der Waals surface area (Å²) in [7, 11) is 0. The zero-order valence-electron chi connectivity index (χ0n) is 14.3. The van der Waals surface area contributed by atoms with E-state index < -0.39 is 0 Å². The van der Waals surface area contributed by atoms with Crippen molar-refractivity contribution in [2.75, 3.05) is 26.3 Å². The molecule has 0 saturated carbocycles. The molecule has 2 aliphatic heterocycles. The van der Waals surface area contributed by atoms with Crippen molar-refractivity contribution in [1.82, 2.24) is 10.2 Å². The van der Waals surface area contributed by atoms with Gasteiger partial charge in [-0.25, -0.2) is 4.79 Å². The van der Waals surface area contributed by atoms with Crippen molar-refractivity contribution < 1.29 is 18.7 Å². The second-order valence-electron chi connectivity index (χ2n) is 6.72. The molecule has 134 valence electrons. The van der Waals surface area contributed by atoms with Gasteiger partial charge in [-0.1, -0.05) is 18.2 Å². The lowest BCUT2D eigenvalue weighted by Crippen LogP contribution is -2.46. The highest BCUT2D eigenvalue weighted by Crippen LogP contribution is 2.20. The van der Waals surface area contributed by atoms with Crippen molar-refractivity contribution in [2.24, 2.45) is 0 Å². The van der Waals surface area contributed by atoms with Gasteiger partial charge in [-0.3, -0.25) is 0 Å². The summed E-state index contributed by atoms with van der Waals surface area (Å²) in [4.78, 5) is 14.2. The fourth-order valence-electron chi connectivity index (χ4n) is 3.49. The number of urea groups is 1. The smallest absolute Gasteiger partial charge is 0.317 e. The fourth-order valence-corrected chi connectivity index (χ4v) is 3.49. The minimum absolute atomic E-state index is 0.0388. The van der Waals surface area contributed by atoms with E-state index in [4.69, 9.17) is 13.9 Å². The monoisotopic (exact) mass is 344 g/mol. The molecule has 1 aromatic heterocycles.